The Labute approximate surface area is 179 Å². The third-order valence-electron chi connectivity index (χ3n) is 5.68. The molecule has 2 atom stereocenters. The maximum Gasteiger partial charge on any atom is 0.237 e. The Hall–Kier alpha value is -1.34. The molecule has 2 unspecified atom stereocenters. The van der Waals surface area contributed by atoms with Crippen LogP contribution in [0.15, 0.2) is 24.4 Å². The summed E-state index contributed by atoms with van der Waals surface area (Å²) in [6, 6.07) is 6.25. The van der Waals surface area contributed by atoms with Crippen molar-refractivity contribution in [1.82, 2.24) is 24.9 Å². The average Bonchev–Trinajstić information content (AvgIpc) is 3.30. The number of aryl methyl sites for hydroxylation is 1. The smallest absolute Gasteiger partial charge is 0.237 e. The minimum atomic E-state index is 0. The summed E-state index contributed by atoms with van der Waals surface area (Å²) in [4.78, 5) is 19.4. The first-order valence-electron chi connectivity index (χ1n) is 9.86. The minimum Gasteiger partial charge on any atom is -0.354 e. The third kappa shape index (κ3) is 5.38. The molecule has 1 amide bonds. The van der Waals surface area contributed by atoms with Crippen LogP contribution in [-0.4, -0.2) is 52.4 Å². The molecule has 0 saturated carbocycles. The average molecular weight is 428 g/mol. The molecule has 0 aliphatic carbocycles. The van der Waals surface area contributed by atoms with Crippen molar-refractivity contribution in [3.05, 3.63) is 35.8 Å². The molecule has 4 heterocycles. The number of carbonyl (C=O) groups is 1. The van der Waals surface area contributed by atoms with Crippen molar-refractivity contribution in [3.63, 3.8) is 0 Å². The number of carbonyl (C=O) groups excluding carboxylic acids is 1. The molecule has 0 spiro atoms. The van der Waals surface area contributed by atoms with Crippen LogP contribution in [0.2, 0.25) is 0 Å². The fraction of sp³-hybridized carbons (Fsp3) is 0.600. The number of hydrogen-bond acceptors (Lipinski definition) is 4. The molecule has 0 aromatic carbocycles. The number of likely N-dealkylation sites (tertiary alicyclic amines) is 1. The van der Waals surface area contributed by atoms with Crippen LogP contribution in [-0.2, 0) is 11.3 Å². The second kappa shape index (κ2) is 10.4. The van der Waals surface area contributed by atoms with Gasteiger partial charge < -0.3 is 15.0 Å². The molecular formula is C20H31Cl2N5O. The van der Waals surface area contributed by atoms with Crippen molar-refractivity contribution >= 4 is 36.4 Å². The number of fused-ring (bicyclic) bond motifs is 1. The predicted molar refractivity (Wildman–Crippen MR) is 116 cm³/mol. The van der Waals surface area contributed by atoms with Crippen molar-refractivity contribution in [3.8, 4) is 0 Å². The van der Waals surface area contributed by atoms with E-state index in [9.17, 15) is 4.79 Å². The van der Waals surface area contributed by atoms with Crippen molar-refractivity contribution in [2.75, 3.05) is 26.2 Å². The van der Waals surface area contributed by atoms with Gasteiger partial charge in [-0.3, -0.25) is 9.69 Å². The van der Waals surface area contributed by atoms with E-state index in [4.69, 9.17) is 4.98 Å². The normalized spacial score (nSPS) is 22.5. The highest BCUT2D eigenvalue weighted by atomic mass is 35.5. The molecule has 156 valence electrons. The van der Waals surface area contributed by atoms with Crippen LogP contribution in [0.25, 0.3) is 5.65 Å². The number of aromatic nitrogens is 2. The van der Waals surface area contributed by atoms with E-state index in [2.05, 4.69) is 51.3 Å². The topological polar surface area (TPSA) is 61.7 Å². The Kier molecular flexibility index (Phi) is 8.56. The van der Waals surface area contributed by atoms with Gasteiger partial charge in [0.15, 0.2) is 0 Å². The second-order valence-electron chi connectivity index (χ2n) is 7.77. The van der Waals surface area contributed by atoms with Crippen molar-refractivity contribution in [1.29, 1.82) is 0 Å². The van der Waals surface area contributed by atoms with Crippen LogP contribution in [0.5, 0.6) is 0 Å². The molecule has 2 aromatic heterocycles. The van der Waals surface area contributed by atoms with Crippen molar-refractivity contribution < 1.29 is 4.79 Å². The first-order valence-corrected chi connectivity index (χ1v) is 9.86. The van der Waals surface area contributed by atoms with Gasteiger partial charge in [-0.1, -0.05) is 6.07 Å². The van der Waals surface area contributed by atoms with E-state index in [1.165, 1.54) is 18.5 Å². The Morgan fingerprint density at radius 1 is 1.29 bits per heavy atom. The summed E-state index contributed by atoms with van der Waals surface area (Å²) in [7, 11) is 0. The quantitative estimate of drug-likeness (QED) is 0.769. The first kappa shape index (κ1) is 22.9. The van der Waals surface area contributed by atoms with Gasteiger partial charge in [0, 0.05) is 31.5 Å². The van der Waals surface area contributed by atoms with Gasteiger partial charge >= 0.3 is 0 Å². The number of amides is 1. The van der Waals surface area contributed by atoms with Gasteiger partial charge in [-0.25, -0.2) is 4.98 Å². The summed E-state index contributed by atoms with van der Waals surface area (Å²) in [5.74, 6) is 0.711. The molecule has 0 bridgehead atoms. The second-order valence-corrected chi connectivity index (χ2v) is 7.77. The summed E-state index contributed by atoms with van der Waals surface area (Å²) >= 11 is 0. The number of imidazole rings is 1. The molecule has 2 aliphatic heterocycles. The first-order chi connectivity index (χ1) is 12.7. The highest BCUT2D eigenvalue weighted by Gasteiger charge is 2.25. The van der Waals surface area contributed by atoms with E-state index in [1.54, 1.807) is 0 Å². The highest BCUT2D eigenvalue weighted by Crippen LogP contribution is 2.19. The molecule has 8 heteroatoms. The molecule has 2 fully saturated rings. The lowest BCUT2D eigenvalue weighted by molar-refractivity contribution is -0.123. The maximum atomic E-state index is 12.2. The molecule has 2 aliphatic rings. The number of pyridine rings is 1. The van der Waals surface area contributed by atoms with Gasteiger partial charge in [0.05, 0.1) is 11.7 Å². The molecule has 2 N–H and O–H groups in total. The Morgan fingerprint density at radius 3 is 2.89 bits per heavy atom. The lowest BCUT2D eigenvalue weighted by Crippen LogP contribution is -2.45. The fourth-order valence-electron chi connectivity index (χ4n) is 4.24. The van der Waals surface area contributed by atoms with Crippen LogP contribution in [0.1, 0.15) is 37.1 Å². The van der Waals surface area contributed by atoms with Crippen molar-refractivity contribution in [2.45, 2.75) is 45.2 Å². The monoisotopic (exact) mass is 427 g/mol. The molecular weight excluding hydrogens is 397 g/mol. The molecule has 4 rings (SSSR count). The largest absolute Gasteiger partial charge is 0.354 e. The third-order valence-corrected chi connectivity index (χ3v) is 5.68. The molecule has 28 heavy (non-hydrogen) atoms. The van der Waals surface area contributed by atoms with Gasteiger partial charge in [-0.15, -0.1) is 24.8 Å². The van der Waals surface area contributed by atoms with E-state index >= 15 is 0 Å². The summed E-state index contributed by atoms with van der Waals surface area (Å²) < 4.78 is 2.16. The van der Waals surface area contributed by atoms with Crippen LogP contribution in [0, 0.1) is 12.8 Å². The SMILES string of the molecule is Cc1cccc2nc(CN3CCCC(CNC(=O)C4CCCN4)C3)cn12.Cl.Cl. The summed E-state index contributed by atoms with van der Waals surface area (Å²) in [6.45, 7) is 6.89. The summed E-state index contributed by atoms with van der Waals surface area (Å²) in [6.07, 6.45) is 6.61. The van der Waals surface area contributed by atoms with E-state index in [0.717, 1.165) is 56.9 Å². The van der Waals surface area contributed by atoms with Crippen LogP contribution < -0.4 is 10.6 Å². The minimum absolute atomic E-state index is 0. The van der Waals surface area contributed by atoms with E-state index in [-0.39, 0.29) is 36.8 Å². The van der Waals surface area contributed by atoms with Gasteiger partial charge in [0.1, 0.15) is 5.65 Å². The summed E-state index contributed by atoms with van der Waals surface area (Å²) in [5.41, 5.74) is 3.35. The standard InChI is InChI=1S/C20H29N5O.2ClH/c1-15-5-2-8-19-23-17(14-25(15)19)13-24-10-4-6-16(12-24)11-22-20(26)18-7-3-9-21-18;;/h2,5,8,14,16,18,21H,3-4,6-7,9-13H2,1H3,(H,22,26);2*1H. The molecule has 0 radical (unpaired) electrons. The Balaban J connectivity index is 0.00000140. The number of piperidine rings is 1. The van der Waals surface area contributed by atoms with Gasteiger partial charge in [-0.2, -0.15) is 0 Å². The van der Waals surface area contributed by atoms with Crippen LogP contribution >= 0.6 is 24.8 Å². The lowest BCUT2D eigenvalue weighted by Gasteiger charge is -2.32. The maximum absolute atomic E-state index is 12.2. The number of nitrogens with one attached hydrogen (secondary N) is 2. The van der Waals surface area contributed by atoms with Gasteiger partial charge in [0.25, 0.3) is 0 Å². The number of halogens is 2. The Bertz CT molecular complexity index is 775. The predicted octanol–water partition coefficient (Wildman–Crippen LogP) is 2.57. The fourth-order valence-corrected chi connectivity index (χ4v) is 4.24. The van der Waals surface area contributed by atoms with Crippen LogP contribution in [0.3, 0.4) is 0 Å². The summed E-state index contributed by atoms with van der Waals surface area (Å²) in [5, 5.41) is 6.43. The van der Waals surface area contributed by atoms with Crippen molar-refractivity contribution in [2.24, 2.45) is 5.92 Å². The van der Waals surface area contributed by atoms with Gasteiger partial charge in [-0.05, 0) is 63.7 Å². The van der Waals surface area contributed by atoms with E-state index in [1.807, 2.05) is 0 Å². The number of hydrogen-bond donors (Lipinski definition) is 2. The number of rotatable bonds is 5. The number of nitrogens with zero attached hydrogens (tertiary/aromatic N) is 3. The van der Waals surface area contributed by atoms with Crippen LogP contribution in [0.4, 0.5) is 0 Å². The van der Waals surface area contributed by atoms with E-state index in [0.29, 0.717) is 5.92 Å². The zero-order valence-corrected chi connectivity index (χ0v) is 18.0. The Morgan fingerprint density at radius 2 is 2.14 bits per heavy atom. The van der Waals surface area contributed by atoms with Gasteiger partial charge in [0.2, 0.25) is 5.91 Å². The highest BCUT2D eigenvalue weighted by molar-refractivity contribution is 5.85. The zero-order valence-electron chi connectivity index (χ0n) is 16.4. The van der Waals surface area contributed by atoms with E-state index < -0.39 is 0 Å². The molecule has 2 saturated heterocycles. The molecule has 6 nitrogen and oxygen atoms in total. The zero-order chi connectivity index (χ0) is 17.9. The lowest BCUT2D eigenvalue weighted by atomic mass is 9.97. The molecule has 2 aromatic rings.